The highest BCUT2D eigenvalue weighted by atomic mass is 16.2. The predicted molar refractivity (Wildman–Crippen MR) is 90.2 cm³/mol. The Morgan fingerprint density at radius 3 is 2.88 bits per heavy atom. The van der Waals surface area contributed by atoms with Crippen molar-refractivity contribution in [2.24, 2.45) is 0 Å². The molecule has 2 amide bonds. The van der Waals surface area contributed by atoms with E-state index >= 15 is 0 Å². The Hall–Kier alpha value is -2.47. The summed E-state index contributed by atoms with van der Waals surface area (Å²) in [5.74, 6) is 0.0870. The van der Waals surface area contributed by atoms with Crippen LogP contribution in [0.5, 0.6) is 0 Å². The fourth-order valence-electron chi connectivity index (χ4n) is 3.65. The highest BCUT2D eigenvalue weighted by Gasteiger charge is 2.41. The zero-order valence-electron chi connectivity index (χ0n) is 13.7. The number of nitrogens with zero attached hydrogens (tertiary/aromatic N) is 4. The average Bonchev–Trinajstić information content (AvgIpc) is 2.60. The summed E-state index contributed by atoms with van der Waals surface area (Å²) < 4.78 is 0. The lowest BCUT2D eigenvalue weighted by atomic mass is 10.1. The van der Waals surface area contributed by atoms with Gasteiger partial charge in [-0.2, -0.15) is 0 Å². The molecule has 0 spiro atoms. The number of piperazine rings is 2. The van der Waals surface area contributed by atoms with E-state index in [1.165, 1.54) is 4.90 Å². The normalized spacial score (nSPS) is 22.1. The Bertz CT molecular complexity index is 801. The van der Waals surface area contributed by atoms with E-state index in [0.29, 0.717) is 13.1 Å². The van der Waals surface area contributed by atoms with Gasteiger partial charge in [0.25, 0.3) is 0 Å². The van der Waals surface area contributed by atoms with Crippen LogP contribution in [0.25, 0.3) is 10.9 Å². The van der Waals surface area contributed by atoms with Crippen molar-refractivity contribution >= 4 is 22.7 Å². The molecule has 1 aromatic carbocycles. The standard InChI is InChI=1S/C18H20N4O2/c1-20-12-16(23)22-9-8-21(11-15(22)18(20)24)10-14-5-2-4-13-6-3-7-19-17(13)14/h2-7,15H,8-12H2,1H3/t15-/m1/s1. The molecule has 0 bridgehead atoms. The summed E-state index contributed by atoms with van der Waals surface area (Å²) in [5, 5.41) is 1.12. The molecule has 0 aliphatic carbocycles. The molecule has 2 fully saturated rings. The van der Waals surface area contributed by atoms with Gasteiger partial charge in [-0.1, -0.05) is 24.3 Å². The number of pyridine rings is 1. The quantitative estimate of drug-likeness (QED) is 0.817. The summed E-state index contributed by atoms with van der Waals surface area (Å²) >= 11 is 0. The summed E-state index contributed by atoms with van der Waals surface area (Å²) in [6.07, 6.45) is 1.81. The van der Waals surface area contributed by atoms with Crippen molar-refractivity contribution in [3.05, 3.63) is 42.1 Å². The topological polar surface area (TPSA) is 56.8 Å². The first-order valence-corrected chi connectivity index (χ1v) is 8.23. The van der Waals surface area contributed by atoms with Gasteiger partial charge in [0.15, 0.2) is 0 Å². The minimum atomic E-state index is -0.354. The largest absolute Gasteiger partial charge is 0.335 e. The fourth-order valence-corrected chi connectivity index (χ4v) is 3.65. The highest BCUT2D eigenvalue weighted by molar-refractivity contribution is 5.95. The number of hydrogen-bond donors (Lipinski definition) is 0. The van der Waals surface area contributed by atoms with Crippen LogP contribution in [0.1, 0.15) is 5.56 Å². The van der Waals surface area contributed by atoms with Crippen LogP contribution in [0.15, 0.2) is 36.5 Å². The number of aromatic nitrogens is 1. The van der Waals surface area contributed by atoms with Gasteiger partial charge in [-0.15, -0.1) is 0 Å². The third-order valence-corrected chi connectivity index (χ3v) is 4.93. The van der Waals surface area contributed by atoms with Crippen LogP contribution in [-0.2, 0) is 16.1 Å². The maximum Gasteiger partial charge on any atom is 0.246 e. The number of para-hydroxylation sites is 1. The monoisotopic (exact) mass is 324 g/mol. The molecule has 0 saturated carbocycles. The molecule has 0 radical (unpaired) electrons. The lowest BCUT2D eigenvalue weighted by Gasteiger charge is -2.45. The van der Waals surface area contributed by atoms with Crippen molar-refractivity contribution in [3.63, 3.8) is 0 Å². The highest BCUT2D eigenvalue weighted by Crippen LogP contribution is 2.21. The van der Waals surface area contributed by atoms with Gasteiger partial charge in [0, 0.05) is 44.8 Å². The van der Waals surface area contributed by atoms with Crippen molar-refractivity contribution in [2.75, 3.05) is 33.2 Å². The number of hydrogen-bond acceptors (Lipinski definition) is 4. The third kappa shape index (κ3) is 2.53. The van der Waals surface area contributed by atoms with E-state index in [1.54, 1.807) is 11.9 Å². The maximum absolute atomic E-state index is 12.4. The lowest BCUT2D eigenvalue weighted by Crippen LogP contribution is -2.65. The van der Waals surface area contributed by atoms with Gasteiger partial charge in [0.1, 0.15) is 6.04 Å². The minimum Gasteiger partial charge on any atom is -0.335 e. The Kier molecular flexibility index (Phi) is 3.69. The van der Waals surface area contributed by atoms with Crippen molar-refractivity contribution < 1.29 is 9.59 Å². The first-order valence-electron chi connectivity index (χ1n) is 8.23. The van der Waals surface area contributed by atoms with Gasteiger partial charge in [0.05, 0.1) is 12.1 Å². The van der Waals surface area contributed by atoms with Gasteiger partial charge in [-0.3, -0.25) is 19.5 Å². The van der Waals surface area contributed by atoms with Gasteiger partial charge in [-0.05, 0) is 11.6 Å². The molecule has 24 heavy (non-hydrogen) atoms. The number of likely N-dealkylation sites (N-methyl/N-ethyl adjacent to an activating group) is 1. The van der Waals surface area contributed by atoms with Crippen LogP contribution in [-0.4, -0.2) is 70.8 Å². The van der Waals surface area contributed by atoms with Gasteiger partial charge >= 0.3 is 0 Å². The van der Waals surface area contributed by atoms with Crippen LogP contribution < -0.4 is 0 Å². The Balaban J connectivity index is 1.56. The van der Waals surface area contributed by atoms with Gasteiger partial charge in [-0.25, -0.2) is 0 Å². The summed E-state index contributed by atoms with van der Waals surface area (Å²) in [6.45, 7) is 2.91. The molecule has 3 heterocycles. The summed E-state index contributed by atoms with van der Waals surface area (Å²) in [5.41, 5.74) is 2.16. The van der Waals surface area contributed by atoms with E-state index in [1.807, 2.05) is 18.3 Å². The molecule has 2 aliphatic rings. The Morgan fingerprint density at radius 1 is 1.17 bits per heavy atom. The predicted octanol–water partition coefficient (Wildman–Crippen LogP) is 0.720. The molecule has 0 N–H and O–H groups in total. The van der Waals surface area contributed by atoms with Crippen LogP contribution >= 0.6 is 0 Å². The number of amides is 2. The molecular formula is C18H20N4O2. The lowest BCUT2D eigenvalue weighted by molar-refractivity contribution is -0.158. The average molecular weight is 324 g/mol. The van der Waals surface area contributed by atoms with Crippen molar-refractivity contribution in [3.8, 4) is 0 Å². The smallest absolute Gasteiger partial charge is 0.246 e. The molecule has 2 aromatic rings. The van der Waals surface area contributed by atoms with Crippen LogP contribution in [0.3, 0.4) is 0 Å². The Labute approximate surface area is 140 Å². The van der Waals surface area contributed by atoms with E-state index < -0.39 is 0 Å². The summed E-state index contributed by atoms with van der Waals surface area (Å²) in [4.78, 5) is 34.6. The molecule has 1 aromatic heterocycles. The molecule has 2 aliphatic heterocycles. The SMILES string of the molecule is CN1CC(=O)N2CCN(Cc3cccc4cccnc34)C[C@@H]2C1=O. The zero-order chi connectivity index (χ0) is 16.7. The van der Waals surface area contributed by atoms with Crippen LogP contribution in [0.4, 0.5) is 0 Å². The van der Waals surface area contributed by atoms with Crippen LogP contribution in [0, 0.1) is 0 Å². The molecular weight excluding hydrogens is 304 g/mol. The van der Waals surface area contributed by atoms with E-state index in [9.17, 15) is 9.59 Å². The minimum absolute atomic E-state index is 0.0374. The molecule has 4 rings (SSSR count). The summed E-state index contributed by atoms with van der Waals surface area (Å²) in [6, 6.07) is 9.82. The number of fused-ring (bicyclic) bond motifs is 2. The van der Waals surface area contributed by atoms with E-state index in [4.69, 9.17) is 0 Å². The Morgan fingerprint density at radius 2 is 2.00 bits per heavy atom. The van der Waals surface area contributed by atoms with Crippen molar-refractivity contribution in [1.82, 2.24) is 19.7 Å². The molecule has 0 unspecified atom stereocenters. The summed E-state index contributed by atoms with van der Waals surface area (Å²) in [7, 11) is 1.70. The number of carbonyl (C=O) groups is 2. The first kappa shape index (κ1) is 15.1. The van der Waals surface area contributed by atoms with Gasteiger partial charge in [0.2, 0.25) is 11.8 Å². The maximum atomic E-state index is 12.4. The molecule has 1 atom stereocenters. The number of benzene rings is 1. The number of carbonyl (C=O) groups excluding carboxylic acids is 2. The van der Waals surface area contributed by atoms with Crippen molar-refractivity contribution in [2.45, 2.75) is 12.6 Å². The molecule has 2 saturated heterocycles. The third-order valence-electron chi connectivity index (χ3n) is 4.93. The number of rotatable bonds is 2. The molecule has 6 heteroatoms. The molecule has 6 nitrogen and oxygen atoms in total. The molecule has 124 valence electrons. The second-order valence-corrected chi connectivity index (χ2v) is 6.52. The second kappa shape index (κ2) is 5.87. The van der Waals surface area contributed by atoms with Gasteiger partial charge < -0.3 is 9.80 Å². The fraction of sp³-hybridized carbons (Fsp3) is 0.389. The van der Waals surface area contributed by atoms with E-state index in [2.05, 4.69) is 28.1 Å². The van der Waals surface area contributed by atoms with E-state index in [-0.39, 0.29) is 24.4 Å². The van der Waals surface area contributed by atoms with E-state index in [0.717, 1.165) is 29.6 Å². The zero-order valence-corrected chi connectivity index (χ0v) is 13.7. The second-order valence-electron chi connectivity index (χ2n) is 6.52. The van der Waals surface area contributed by atoms with Crippen molar-refractivity contribution in [1.29, 1.82) is 0 Å². The van der Waals surface area contributed by atoms with Crippen LogP contribution in [0.2, 0.25) is 0 Å². The first-order chi connectivity index (χ1) is 11.6.